The van der Waals surface area contributed by atoms with E-state index in [1.54, 1.807) is 12.4 Å². The molecule has 7 heteroatoms. The minimum absolute atomic E-state index is 0.437. The number of pyridine rings is 1. The predicted octanol–water partition coefficient (Wildman–Crippen LogP) is 0.865. The minimum Gasteiger partial charge on any atom is -0.384 e. The zero-order valence-corrected chi connectivity index (χ0v) is 11.5. The largest absolute Gasteiger partial charge is 0.384 e. The third-order valence-corrected chi connectivity index (χ3v) is 2.89. The normalized spacial score (nSPS) is 11.2. The molecule has 0 aliphatic carbocycles. The number of rotatable bonds is 8. The number of nitrogens with zero attached hydrogens (tertiary/aromatic N) is 1. The van der Waals surface area contributed by atoms with Crippen LogP contribution in [0.3, 0.4) is 0 Å². The summed E-state index contributed by atoms with van der Waals surface area (Å²) in [4.78, 5) is 4.10. The van der Waals surface area contributed by atoms with E-state index in [4.69, 9.17) is 0 Å². The summed E-state index contributed by atoms with van der Waals surface area (Å²) in [6.45, 7) is 4.01. The van der Waals surface area contributed by atoms with Crippen molar-refractivity contribution in [2.24, 2.45) is 0 Å². The summed E-state index contributed by atoms with van der Waals surface area (Å²) in [7, 11) is -3.08. The second kappa shape index (κ2) is 7.17. The Morgan fingerprint density at radius 2 is 1.83 bits per heavy atom. The molecule has 1 aromatic rings. The van der Waals surface area contributed by atoms with E-state index in [1.807, 2.05) is 13.0 Å². The molecule has 0 saturated carbocycles. The van der Waals surface area contributed by atoms with Gasteiger partial charge >= 0.3 is 0 Å². The highest BCUT2D eigenvalue weighted by Crippen LogP contribution is 2.12. The molecule has 0 saturated heterocycles. The molecule has 1 heterocycles. The van der Waals surface area contributed by atoms with Crippen LogP contribution >= 0.6 is 0 Å². The number of sulfonamides is 1. The van der Waals surface area contributed by atoms with Crippen LogP contribution in [-0.4, -0.2) is 39.3 Å². The van der Waals surface area contributed by atoms with E-state index >= 15 is 0 Å². The van der Waals surface area contributed by atoms with Crippen LogP contribution in [0.25, 0.3) is 0 Å². The van der Waals surface area contributed by atoms with Crippen molar-refractivity contribution < 1.29 is 8.42 Å². The molecule has 102 valence electrons. The van der Waals surface area contributed by atoms with Crippen LogP contribution in [0.4, 0.5) is 11.4 Å². The van der Waals surface area contributed by atoms with Gasteiger partial charge in [0.05, 0.1) is 30.0 Å². The first-order valence-corrected chi connectivity index (χ1v) is 7.78. The van der Waals surface area contributed by atoms with Gasteiger partial charge < -0.3 is 10.6 Å². The molecule has 0 amide bonds. The van der Waals surface area contributed by atoms with Gasteiger partial charge in [-0.05, 0) is 19.4 Å². The Morgan fingerprint density at radius 1 is 1.17 bits per heavy atom. The maximum atomic E-state index is 10.8. The highest BCUT2D eigenvalue weighted by Gasteiger charge is 1.99. The Kier molecular flexibility index (Phi) is 5.87. The molecular formula is C11H20N4O2S. The first-order chi connectivity index (χ1) is 8.51. The first kappa shape index (κ1) is 14.7. The Morgan fingerprint density at radius 3 is 2.44 bits per heavy atom. The maximum Gasteiger partial charge on any atom is 0.208 e. The Hall–Kier alpha value is -1.34. The monoisotopic (exact) mass is 272 g/mol. The lowest BCUT2D eigenvalue weighted by molar-refractivity contribution is 0.586. The van der Waals surface area contributed by atoms with Crippen molar-refractivity contribution in [3.05, 3.63) is 18.5 Å². The molecule has 3 N–H and O–H groups in total. The van der Waals surface area contributed by atoms with Crippen LogP contribution in [0.2, 0.25) is 0 Å². The fraction of sp³-hybridized carbons (Fsp3) is 0.545. The Balaban J connectivity index is 2.28. The van der Waals surface area contributed by atoms with Gasteiger partial charge in [-0.15, -0.1) is 0 Å². The molecule has 0 aliphatic heterocycles. The van der Waals surface area contributed by atoms with Crippen LogP contribution in [0.5, 0.6) is 0 Å². The Bertz CT molecular complexity index is 462. The second-order valence-corrected chi connectivity index (χ2v) is 5.77. The van der Waals surface area contributed by atoms with Crippen molar-refractivity contribution in [1.29, 1.82) is 0 Å². The van der Waals surface area contributed by atoms with Gasteiger partial charge in [-0.1, -0.05) is 0 Å². The van der Waals surface area contributed by atoms with Crippen LogP contribution in [0.1, 0.15) is 13.3 Å². The predicted molar refractivity (Wildman–Crippen MR) is 74.4 cm³/mol. The van der Waals surface area contributed by atoms with Gasteiger partial charge in [0, 0.05) is 19.6 Å². The van der Waals surface area contributed by atoms with Gasteiger partial charge in [0.1, 0.15) is 0 Å². The lowest BCUT2D eigenvalue weighted by Crippen LogP contribution is -2.24. The lowest BCUT2D eigenvalue weighted by Gasteiger charge is -2.08. The van der Waals surface area contributed by atoms with Crippen molar-refractivity contribution >= 4 is 21.4 Å². The van der Waals surface area contributed by atoms with Gasteiger partial charge in [0.15, 0.2) is 0 Å². The summed E-state index contributed by atoms with van der Waals surface area (Å²) in [6, 6.07) is 1.97. The van der Waals surface area contributed by atoms with E-state index in [0.29, 0.717) is 13.1 Å². The van der Waals surface area contributed by atoms with Crippen LogP contribution in [0.15, 0.2) is 18.5 Å². The number of nitrogens with one attached hydrogen (secondary N) is 3. The molecule has 0 spiro atoms. The van der Waals surface area contributed by atoms with E-state index < -0.39 is 10.0 Å². The molecule has 0 atom stereocenters. The topological polar surface area (TPSA) is 83.1 Å². The fourth-order valence-electron chi connectivity index (χ4n) is 1.42. The standard InChI is InChI=1S/C11H20N4O2S/c1-3-13-10-7-11(9-12-8-10)14-5-4-6-15-18(2,16)17/h7-9,13-15H,3-6H2,1-2H3. The fourth-order valence-corrected chi connectivity index (χ4v) is 1.93. The number of hydrogen-bond acceptors (Lipinski definition) is 5. The molecule has 1 aromatic heterocycles. The minimum atomic E-state index is -3.08. The van der Waals surface area contributed by atoms with E-state index in [0.717, 1.165) is 30.6 Å². The van der Waals surface area contributed by atoms with E-state index in [2.05, 4.69) is 20.3 Å². The van der Waals surface area contributed by atoms with E-state index in [1.165, 1.54) is 0 Å². The summed E-state index contributed by atoms with van der Waals surface area (Å²) in [6.07, 6.45) is 5.38. The van der Waals surface area contributed by atoms with Crippen LogP contribution in [-0.2, 0) is 10.0 Å². The summed E-state index contributed by atoms with van der Waals surface area (Å²) in [5.74, 6) is 0. The van der Waals surface area contributed by atoms with Crippen LogP contribution < -0.4 is 15.4 Å². The number of aromatic nitrogens is 1. The maximum absolute atomic E-state index is 10.8. The Labute approximate surface area is 108 Å². The molecule has 0 aromatic carbocycles. The average Bonchev–Trinajstić information content (AvgIpc) is 2.28. The van der Waals surface area contributed by atoms with Gasteiger partial charge in [0.2, 0.25) is 10.0 Å². The van der Waals surface area contributed by atoms with Crippen LogP contribution in [0, 0.1) is 0 Å². The summed E-state index contributed by atoms with van der Waals surface area (Å²) < 4.78 is 24.1. The highest BCUT2D eigenvalue weighted by molar-refractivity contribution is 7.88. The quantitative estimate of drug-likeness (QED) is 0.612. The SMILES string of the molecule is CCNc1cncc(NCCCNS(C)(=O)=O)c1. The number of hydrogen-bond donors (Lipinski definition) is 3. The first-order valence-electron chi connectivity index (χ1n) is 5.88. The summed E-state index contributed by atoms with van der Waals surface area (Å²) in [5.41, 5.74) is 1.89. The zero-order chi connectivity index (χ0) is 13.4. The molecule has 6 nitrogen and oxygen atoms in total. The van der Waals surface area contributed by atoms with Crippen molar-refractivity contribution in [2.75, 3.05) is 36.5 Å². The van der Waals surface area contributed by atoms with Crippen molar-refractivity contribution in [3.8, 4) is 0 Å². The lowest BCUT2D eigenvalue weighted by atomic mass is 10.3. The molecule has 1 rings (SSSR count). The summed E-state index contributed by atoms with van der Waals surface area (Å²) >= 11 is 0. The average molecular weight is 272 g/mol. The second-order valence-electron chi connectivity index (χ2n) is 3.94. The van der Waals surface area contributed by atoms with Gasteiger partial charge in [-0.2, -0.15) is 0 Å². The smallest absolute Gasteiger partial charge is 0.208 e. The molecule has 0 unspecified atom stereocenters. The van der Waals surface area contributed by atoms with E-state index in [-0.39, 0.29) is 0 Å². The zero-order valence-electron chi connectivity index (χ0n) is 10.7. The van der Waals surface area contributed by atoms with Crippen molar-refractivity contribution in [2.45, 2.75) is 13.3 Å². The number of anilines is 2. The summed E-state index contributed by atoms with van der Waals surface area (Å²) in [5, 5.41) is 6.37. The molecule has 0 radical (unpaired) electrons. The van der Waals surface area contributed by atoms with Crippen molar-refractivity contribution in [3.63, 3.8) is 0 Å². The molecule has 0 aliphatic rings. The third-order valence-electron chi connectivity index (χ3n) is 2.17. The molecular weight excluding hydrogens is 252 g/mol. The van der Waals surface area contributed by atoms with Gasteiger partial charge in [-0.3, -0.25) is 4.98 Å². The molecule has 0 fully saturated rings. The molecule has 0 bridgehead atoms. The van der Waals surface area contributed by atoms with E-state index in [9.17, 15) is 8.42 Å². The molecule has 18 heavy (non-hydrogen) atoms. The van der Waals surface area contributed by atoms with Gasteiger partial charge in [-0.25, -0.2) is 13.1 Å². The highest BCUT2D eigenvalue weighted by atomic mass is 32.2. The van der Waals surface area contributed by atoms with Crippen molar-refractivity contribution in [1.82, 2.24) is 9.71 Å². The van der Waals surface area contributed by atoms with Gasteiger partial charge in [0.25, 0.3) is 0 Å². The third kappa shape index (κ3) is 6.41.